The fraction of sp³-hybridized carbons (Fsp3) is 0.571. The molecule has 0 aliphatic heterocycles. The second-order valence-electron chi connectivity index (χ2n) is 5.56. The summed E-state index contributed by atoms with van der Waals surface area (Å²) in [6, 6.07) is 3.77. The van der Waals surface area contributed by atoms with E-state index >= 15 is 0 Å². The van der Waals surface area contributed by atoms with Gasteiger partial charge in [0, 0.05) is 11.5 Å². The van der Waals surface area contributed by atoms with E-state index in [9.17, 15) is 14.4 Å². The first-order valence-electron chi connectivity index (χ1n) is 6.79. The molecule has 0 amide bonds. The lowest BCUT2D eigenvalue weighted by Gasteiger charge is -2.32. The van der Waals surface area contributed by atoms with Gasteiger partial charge < -0.3 is 14.8 Å². The maximum Gasteiger partial charge on any atom is 0.492 e. The molecule has 5 heteroatoms. The zero-order valence-corrected chi connectivity index (χ0v) is 11.3. The van der Waals surface area contributed by atoms with Crippen molar-refractivity contribution < 1.29 is 19.2 Å². The second-order valence-corrected chi connectivity index (χ2v) is 5.56. The van der Waals surface area contributed by atoms with Crippen molar-refractivity contribution in [3.63, 3.8) is 0 Å². The van der Waals surface area contributed by atoms with Crippen LogP contribution in [0.1, 0.15) is 33.1 Å². The standard InChI is InChI=1S/C14H20BFO3/c1-9-3-5-12(7-10(9)2)19-14-8-11(16)4-6-13(14)15(17)18/h4,6,8-10,12,17-18H,3,5,7H2,1-2H3. The first-order valence-corrected chi connectivity index (χ1v) is 6.79. The highest BCUT2D eigenvalue weighted by molar-refractivity contribution is 6.59. The van der Waals surface area contributed by atoms with Crippen LogP contribution in [-0.2, 0) is 0 Å². The van der Waals surface area contributed by atoms with Gasteiger partial charge in [-0.15, -0.1) is 0 Å². The highest BCUT2D eigenvalue weighted by Gasteiger charge is 2.27. The van der Waals surface area contributed by atoms with Crippen LogP contribution in [0.4, 0.5) is 4.39 Å². The molecule has 1 saturated carbocycles. The predicted octanol–water partition coefficient (Wildman–Crippen LogP) is 1.71. The topological polar surface area (TPSA) is 49.7 Å². The Morgan fingerprint density at radius 3 is 2.58 bits per heavy atom. The van der Waals surface area contributed by atoms with Gasteiger partial charge in [-0.25, -0.2) is 4.39 Å². The van der Waals surface area contributed by atoms with Crippen molar-refractivity contribution in [3.8, 4) is 5.75 Å². The summed E-state index contributed by atoms with van der Waals surface area (Å²) in [5, 5.41) is 18.5. The molecule has 1 aliphatic rings. The van der Waals surface area contributed by atoms with E-state index in [1.54, 1.807) is 0 Å². The molecule has 1 aliphatic carbocycles. The molecule has 0 saturated heterocycles. The summed E-state index contributed by atoms with van der Waals surface area (Å²) >= 11 is 0. The fourth-order valence-electron chi connectivity index (χ4n) is 2.61. The minimum atomic E-state index is -1.64. The molecular weight excluding hydrogens is 246 g/mol. The fourth-order valence-corrected chi connectivity index (χ4v) is 2.61. The molecule has 0 heterocycles. The van der Waals surface area contributed by atoms with Crippen molar-refractivity contribution in [2.45, 2.75) is 39.2 Å². The van der Waals surface area contributed by atoms with Gasteiger partial charge in [0.15, 0.2) is 0 Å². The summed E-state index contributed by atoms with van der Waals surface area (Å²) in [7, 11) is -1.64. The number of hydrogen-bond donors (Lipinski definition) is 2. The van der Waals surface area contributed by atoms with Crippen LogP contribution in [0.25, 0.3) is 0 Å². The third-order valence-corrected chi connectivity index (χ3v) is 4.10. The van der Waals surface area contributed by atoms with E-state index in [4.69, 9.17) is 4.74 Å². The van der Waals surface area contributed by atoms with Crippen molar-refractivity contribution in [2.75, 3.05) is 0 Å². The van der Waals surface area contributed by atoms with Gasteiger partial charge in [-0.3, -0.25) is 0 Å². The van der Waals surface area contributed by atoms with E-state index < -0.39 is 12.9 Å². The lowest BCUT2D eigenvalue weighted by atomic mass is 9.78. The van der Waals surface area contributed by atoms with E-state index in [0.717, 1.165) is 19.3 Å². The van der Waals surface area contributed by atoms with Crippen molar-refractivity contribution in [1.82, 2.24) is 0 Å². The summed E-state index contributed by atoms with van der Waals surface area (Å²) in [4.78, 5) is 0. The number of hydrogen-bond acceptors (Lipinski definition) is 3. The number of ether oxygens (including phenoxy) is 1. The van der Waals surface area contributed by atoms with Crippen LogP contribution in [0.3, 0.4) is 0 Å². The third-order valence-electron chi connectivity index (χ3n) is 4.10. The summed E-state index contributed by atoms with van der Waals surface area (Å²) in [6.45, 7) is 4.42. The average molecular weight is 266 g/mol. The Morgan fingerprint density at radius 2 is 1.95 bits per heavy atom. The van der Waals surface area contributed by atoms with Gasteiger partial charge >= 0.3 is 7.12 Å². The maximum atomic E-state index is 13.3. The van der Waals surface area contributed by atoms with E-state index in [1.807, 2.05) is 0 Å². The Kier molecular flexibility index (Phi) is 4.48. The van der Waals surface area contributed by atoms with E-state index in [2.05, 4.69) is 13.8 Å². The van der Waals surface area contributed by atoms with E-state index in [-0.39, 0.29) is 17.3 Å². The van der Waals surface area contributed by atoms with Gasteiger partial charge in [-0.2, -0.15) is 0 Å². The summed E-state index contributed by atoms with van der Waals surface area (Å²) < 4.78 is 19.0. The highest BCUT2D eigenvalue weighted by Crippen LogP contribution is 2.31. The van der Waals surface area contributed by atoms with Crippen LogP contribution in [0.15, 0.2) is 18.2 Å². The minimum absolute atomic E-state index is 0.0190. The molecule has 1 aromatic carbocycles. The Balaban J connectivity index is 2.12. The molecule has 0 bridgehead atoms. The van der Waals surface area contributed by atoms with Crippen LogP contribution in [-0.4, -0.2) is 23.3 Å². The first kappa shape index (κ1) is 14.3. The van der Waals surface area contributed by atoms with Crippen molar-refractivity contribution in [2.24, 2.45) is 11.8 Å². The Hall–Kier alpha value is -1.07. The molecule has 104 valence electrons. The average Bonchev–Trinajstić information content (AvgIpc) is 2.33. The van der Waals surface area contributed by atoms with Gasteiger partial charge in [0.05, 0.1) is 6.10 Å². The molecule has 3 nitrogen and oxygen atoms in total. The first-order chi connectivity index (χ1) is 8.97. The predicted molar refractivity (Wildman–Crippen MR) is 72.8 cm³/mol. The number of halogens is 1. The van der Waals surface area contributed by atoms with Crippen LogP contribution in [0.2, 0.25) is 0 Å². The number of benzene rings is 1. The molecule has 19 heavy (non-hydrogen) atoms. The van der Waals surface area contributed by atoms with Gasteiger partial charge in [0.1, 0.15) is 11.6 Å². The molecule has 0 radical (unpaired) electrons. The normalized spacial score (nSPS) is 27.1. The molecule has 3 unspecified atom stereocenters. The van der Waals surface area contributed by atoms with Gasteiger partial charge in [0.25, 0.3) is 0 Å². The highest BCUT2D eigenvalue weighted by atomic mass is 19.1. The smallest absolute Gasteiger partial charge is 0.491 e. The largest absolute Gasteiger partial charge is 0.492 e. The summed E-state index contributed by atoms with van der Waals surface area (Å²) in [5.74, 6) is 1.04. The molecule has 2 rings (SSSR count). The lowest BCUT2D eigenvalue weighted by Crippen LogP contribution is -2.35. The molecule has 0 aromatic heterocycles. The zero-order chi connectivity index (χ0) is 14.0. The monoisotopic (exact) mass is 266 g/mol. The summed E-state index contributed by atoms with van der Waals surface area (Å²) in [5.41, 5.74) is 0.215. The van der Waals surface area contributed by atoms with Crippen molar-refractivity contribution >= 4 is 12.6 Å². The van der Waals surface area contributed by atoms with Gasteiger partial charge in [-0.1, -0.05) is 19.9 Å². The lowest BCUT2D eigenvalue weighted by molar-refractivity contribution is 0.101. The van der Waals surface area contributed by atoms with E-state index in [1.165, 1.54) is 18.2 Å². The Bertz CT molecular complexity index is 439. The minimum Gasteiger partial charge on any atom is -0.491 e. The molecule has 2 N–H and O–H groups in total. The van der Waals surface area contributed by atoms with E-state index in [0.29, 0.717) is 11.8 Å². The Morgan fingerprint density at radius 1 is 1.21 bits per heavy atom. The van der Waals surface area contributed by atoms with Crippen molar-refractivity contribution in [1.29, 1.82) is 0 Å². The third kappa shape index (κ3) is 3.48. The molecular formula is C14H20BFO3. The van der Waals surface area contributed by atoms with Crippen LogP contribution >= 0.6 is 0 Å². The SMILES string of the molecule is CC1CCC(Oc2cc(F)ccc2B(O)O)CC1C. The van der Waals surface area contributed by atoms with Crippen molar-refractivity contribution in [3.05, 3.63) is 24.0 Å². The van der Waals surface area contributed by atoms with Crippen LogP contribution < -0.4 is 10.2 Å². The quantitative estimate of drug-likeness (QED) is 0.819. The zero-order valence-electron chi connectivity index (χ0n) is 11.3. The van der Waals surface area contributed by atoms with Gasteiger partial charge in [0.2, 0.25) is 0 Å². The summed E-state index contributed by atoms with van der Waals surface area (Å²) in [6.07, 6.45) is 2.94. The van der Waals surface area contributed by atoms with Gasteiger partial charge in [-0.05, 0) is 37.2 Å². The Labute approximate surface area is 113 Å². The molecule has 1 fully saturated rings. The number of rotatable bonds is 3. The molecule has 0 spiro atoms. The van der Waals surface area contributed by atoms with Crippen LogP contribution in [0, 0.1) is 17.7 Å². The molecule has 3 atom stereocenters. The maximum absolute atomic E-state index is 13.3. The van der Waals surface area contributed by atoms with Crippen LogP contribution in [0.5, 0.6) is 5.75 Å². The molecule has 1 aromatic rings. The second kappa shape index (κ2) is 5.93.